The van der Waals surface area contributed by atoms with Crippen LogP contribution in [0, 0.1) is 6.92 Å². The maximum absolute atomic E-state index is 4.65. The fraction of sp³-hybridized carbons (Fsp3) is 0.667. The zero-order valence-corrected chi connectivity index (χ0v) is 12.7. The van der Waals surface area contributed by atoms with Gasteiger partial charge in [-0.15, -0.1) is 0 Å². The molecule has 0 saturated carbocycles. The molecule has 1 N–H and O–H groups in total. The molecule has 1 aromatic rings. The average Bonchev–Trinajstić information content (AvgIpc) is 2.34. The quantitative estimate of drug-likeness (QED) is 0.839. The summed E-state index contributed by atoms with van der Waals surface area (Å²) < 4.78 is 0. The van der Waals surface area contributed by atoms with E-state index in [1.807, 2.05) is 0 Å². The van der Waals surface area contributed by atoms with Gasteiger partial charge in [0.25, 0.3) is 0 Å². The smallest absolute Gasteiger partial charge is 0.129 e. The molecular weight excluding hydrogens is 222 g/mol. The minimum absolute atomic E-state index is 0.135. The third kappa shape index (κ3) is 3.70. The van der Waals surface area contributed by atoms with Crippen LogP contribution in [0.1, 0.15) is 45.4 Å². The number of anilines is 1. The molecule has 0 bridgehead atoms. The van der Waals surface area contributed by atoms with Crippen molar-refractivity contribution in [2.24, 2.45) is 0 Å². The van der Waals surface area contributed by atoms with Crippen LogP contribution in [0.5, 0.6) is 0 Å². The van der Waals surface area contributed by atoms with E-state index >= 15 is 0 Å². The summed E-state index contributed by atoms with van der Waals surface area (Å²) in [7, 11) is 2.13. The molecular formula is C15H27N3. The normalized spacial score (nSPS) is 11.7. The number of pyridine rings is 1. The van der Waals surface area contributed by atoms with Crippen molar-refractivity contribution in [2.45, 2.75) is 53.1 Å². The molecule has 0 unspecified atom stereocenters. The summed E-state index contributed by atoms with van der Waals surface area (Å²) in [4.78, 5) is 6.93. The van der Waals surface area contributed by atoms with Crippen LogP contribution in [0.15, 0.2) is 12.1 Å². The van der Waals surface area contributed by atoms with E-state index in [9.17, 15) is 0 Å². The maximum Gasteiger partial charge on any atom is 0.129 e. The number of rotatable bonds is 6. The average molecular weight is 249 g/mol. The zero-order valence-electron chi connectivity index (χ0n) is 12.7. The second-order valence-corrected chi connectivity index (χ2v) is 5.48. The van der Waals surface area contributed by atoms with Crippen LogP contribution in [0.3, 0.4) is 0 Å². The van der Waals surface area contributed by atoms with Crippen LogP contribution < -0.4 is 10.2 Å². The molecule has 0 radical (unpaired) electrons. The van der Waals surface area contributed by atoms with Gasteiger partial charge in [0.1, 0.15) is 5.82 Å². The summed E-state index contributed by atoms with van der Waals surface area (Å²) in [5.41, 5.74) is 2.52. The predicted octanol–water partition coefficient (Wildman–Crippen LogP) is 3.12. The van der Waals surface area contributed by atoms with Crippen molar-refractivity contribution < 1.29 is 0 Å². The van der Waals surface area contributed by atoms with Crippen LogP contribution in [-0.4, -0.2) is 24.1 Å². The summed E-state index contributed by atoms with van der Waals surface area (Å²) >= 11 is 0. The largest absolute Gasteiger partial charge is 0.355 e. The number of aromatic nitrogens is 1. The molecule has 0 aliphatic carbocycles. The lowest BCUT2D eigenvalue weighted by Crippen LogP contribution is -2.41. The summed E-state index contributed by atoms with van der Waals surface area (Å²) in [5.74, 6) is 1.06. The van der Waals surface area contributed by atoms with Gasteiger partial charge in [-0.25, -0.2) is 4.98 Å². The van der Waals surface area contributed by atoms with Crippen molar-refractivity contribution in [1.29, 1.82) is 0 Å². The van der Waals surface area contributed by atoms with Crippen molar-refractivity contribution in [3.05, 3.63) is 23.4 Å². The zero-order chi connectivity index (χ0) is 13.8. The highest BCUT2D eigenvalue weighted by atomic mass is 15.2. The lowest BCUT2D eigenvalue weighted by molar-refractivity contribution is 0.467. The highest BCUT2D eigenvalue weighted by Gasteiger charge is 2.22. The Morgan fingerprint density at radius 1 is 1.28 bits per heavy atom. The topological polar surface area (TPSA) is 28.2 Å². The minimum atomic E-state index is 0.135. The maximum atomic E-state index is 4.65. The fourth-order valence-corrected chi connectivity index (χ4v) is 1.81. The molecule has 0 atom stereocenters. The second-order valence-electron chi connectivity index (χ2n) is 5.48. The van der Waals surface area contributed by atoms with E-state index in [4.69, 9.17) is 0 Å². The van der Waals surface area contributed by atoms with Crippen molar-refractivity contribution in [1.82, 2.24) is 10.3 Å². The number of aryl methyl sites for hydroxylation is 1. The lowest BCUT2D eigenvalue weighted by Gasteiger charge is -2.36. The molecule has 3 nitrogen and oxygen atoms in total. The number of hydrogen-bond donors (Lipinski definition) is 1. The fourth-order valence-electron chi connectivity index (χ4n) is 1.81. The molecule has 3 heteroatoms. The Labute approximate surface area is 112 Å². The van der Waals surface area contributed by atoms with E-state index in [0.29, 0.717) is 0 Å². The van der Waals surface area contributed by atoms with Crippen LogP contribution in [-0.2, 0) is 6.54 Å². The van der Waals surface area contributed by atoms with E-state index in [1.54, 1.807) is 0 Å². The third-order valence-electron chi connectivity index (χ3n) is 3.70. The molecule has 0 spiro atoms. The minimum Gasteiger partial charge on any atom is -0.355 e. The molecule has 0 aromatic carbocycles. The summed E-state index contributed by atoms with van der Waals surface area (Å²) in [5, 5.41) is 3.36. The second kappa shape index (κ2) is 6.19. The molecule has 0 fully saturated rings. The van der Waals surface area contributed by atoms with Gasteiger partial charge in [-0.1, -0.05) is 13.8 Å². The Kier molecular flexibility index (Phi) is 5.15. The molecule has 1 heterocycles. The lowest BCUT2D eigenvalue weighted by atomic mass is 10.00. The summed E-state index contributed by atoms with van der Waals surface area (Å²) in [6, 6.07) is 4.34. The van der Waals surface area contributed by atoms with Gasteiger partial charge >= 0.3 is 0 Å². The third-order valence-corrected chi connectivity index (χ3v) is 3.70. The van der Waals surface area contributed by atoms with Gasteiger partial charge in [0.2, 0.25) is 0 Å². The van der Waals surface area contributed by atoms with E-state index < -0.39 is 0 Å². The van der Waals surface area contributed by atoms with E-state index in [0.717, 1.165) is 31.0 Å². The highest BCUT2D eigenvalue weighted by molar-refractivity contribution is 5.44. The Hall–Kier alpha value is -1.09. The monoisotopic (exact) mass is 249 g/mol. The highest BCUT2D eigenvalue weighted by Crippen LogP contribution is 2.24. The SMILES string of the molecule is CCNCc1cc(C)nc(N(C)C(C)(C)CC)c1. The van der Waals surface area contributed by atoms with Crippen molar-refractivity contribution >= 4 is 5.82 Å². The first-order valence-electron chi connectivity index (χ1n) is 6.82. The van der Waals surface area contributed by atoms with Crippen LogP contribution in [0.4, 0.5) is 5.82 Å². The van der Waals surface area contributed by atoms with E-state index in [1.165, 1.54) is 5.56 Å². The van der Waals surface area contributed by atoms with E-state index in [2.05, 4.69) is 69.0 Å². The predicted molar refractivity (Wildman–Crippen MR) is 79.1 cm³/mol. The van der Waals surface area contributed by atoms with Gasteiger partial charge in [0, 0.05) is 24.8 Å². The molecule has 0 aliphatic heterocycles. The van der Waals surface area contributed by atoms with Crippen LogP contribution in [0.25, 0.3) is 0 Å². The Morgan fingerprint density at radius 3 is 2.50 bits per heavy atom. The van der Waals surface area contributed by atoms with E-state index in [-0.39, 0.29) is 5.54 Å². The Balaban J connectivity index is 2.98. The molecule has 18 heavy (non-hydrogen) atoms. The van der Waals surface area contributed by atoms with Gasteiger partial charge < -0.3 is 10.2 Å². The molecule has 102 valence electrons. The van der Waals surface area contributed by atoms with Crippen molar-refractivity contribution in [3.63, 3.8) is 0 Å². The summed E-state index contributed by atoms with van der Waals surface area (Å²) in [6.07, 6.45) is 1.10. The van der Waals surface area contributed by atoms with Gasteiger partial charge in [-0.2, -0.15) is 0 Å². The number of hydrogen-bond acceptors (Lipinski definition) is 3. The first kappa shape index (κ1) is 15.0. The molecule has 1 aromatic heterocycles. The molecule has 1 rings (SSSR count). The van der Waals surface area contributed by atoms with Crippen LogP contribution >= 0.6 is 0 Å². The Morgan fingerprint density at radius 2 is 1.94 bits per heavy atom. The molecule has 0 aliphatic rings. The summed E-state index contributed by atoms with van der Waals surface area (Å²) in [6.45, 7) is 12.8. The van der Waals surface area contributed by atoms with Gasteiger partial charge in [-0.05, 0) is 51.4 Å². The number of nitrogens with one attached hydrogen (secondary N) is 1. The number of nitrogens with zero attached hydrogens (tertiary/aromatic N) is 2. The van der Waals surface area contributed by atoms with Gasteiger partial charge in [0.05, 0.1) is 0 Å². The first-order valence-corrected chi connectivity index (χ1v) is 6.82. The first-order chi connectivity index (χ1) is 8.40. The van der Waals surface area contributed by atoms with Gasteiger partial charge in [-0.3, -0.25) is 0 Å². The van der Waals surface area contributed by atoms with Crippen LogP contribution in [0.2, 0.25) is 0 Å². The standard InChI is InChI=1S/C15H27N3/c1-7-15(4,5)18(6)14-10-13(11-16-8-2)9-12(3)17-14/h9-10,16H,7-8,11H2,1-6H3. The van der Waals surface area contributed by atoms with Crippen molar-refractivity contribution in [3.8, 4) is 0 Å². The van der Waals surface area contributed by atoms with Gasteiger partial charge in [0.15, 0.2) is 0 Å². The Bertz CT molecular complexity index is 385. The molecule has 0 amide bonds. The molecule has 0 saturated heterocycles. The van der Waals surface area contributed by atoms with Crippen molar-refractivity contribution in [2.75, 3.05) is 18.5 Å².